The van der Waals surface area contributed by atoms with Gasteiger partial charge in [0, 0.05) is 10.0 Å². The van der Waals surface area contributed by atoms with Crippen LogP contribution < -0.4 is 5.32 Å². The zero-order chi connectivity index (χ0) is 14.9. The van der Waals surface area contributed by atoms with E-state index in [0.29, 0.717) is 15.1 Å². The van der Waals surface area contributed by atoms with E-state index in [9.17, 15) is 8.78 Å². The molecule has 0 aromatic heterocycles. The van der Waals surface area contributed by atoms with E-state index in [1.807, 2.05) is 0 Å². The lowest BCUT2D eigenvalue weighted by atomic mass is 9.98. The fraction of sp³-hybridized carbons (Fsp3) is 0.143. The zero-order valence-electron chi connectivity index (χ0n) is 10.4. The molecular formula is C14H10Br2ClF2N. The Labute approximate surface area is 137 Å². The third kappa shape index (κ3) is 3.06. The molecule has 106 valence electrons. The highest BCUT2D eigenvalue weighted by Crippen LogP contribution is 2.35. The molecule has 0 heterocycles. The van der Waals surface area contributed by atoms with Crippen LogP contribution in [0.4, 0.5) is 8.78 Å². The molecule has 0 radical (unpaired) electrons. The number of hydrogen-bond donors (Lipinski definition) is 1. The molecule has 2 aromatic carbocycles. The highest BCUT2D eigenvalue weighted by atomic mass is 79.9. The molecule has 2 aromatic rings. The van der Waals surface area contributed by atoms with Crippen molar-refractivity contribution in [1.29, 1.82) is 0 Å². The Kier molecular flexibility index (Phi) is 5.18. The Morgan fingerprint density at radius 1 is 1.05 bits per heavy atom. The molecule has 0 fully saturated rings. The summed E-state index contributed by atoms with van der Waals surface area (Å²) in [7, 11) is 1.67. The van der Waals surface area contributed by atoms with E-state index in [2.05, 4.69) is 37.2 Å². The Balaban J connectivity index is 2.58. The first-order chi connectivity index (χ1) is 9.45. The van der Waals surface area contributed by atoms with Crippen LogP contribution in [0.5, 0.6) is 0 Å². The molecule has 0 amide bonds. The van der Waals surface area contributed by atoms with Crippen molar-refractivity contribution in [2.45, 2.75) is 6.04 Å². The van der Waals surface area contributed by atoms with Gasteiger partial charge in [0.15, 0.2) is 0 Å². The van der Waals surface area contributed by atoms with Crippen molar-refractivity contribution in [2.75, 3.05) is 7.05 Å². The summed E-state index contributed by atoms with van der Waals surface area (Å²) in [5.41, 5.74) is 0.873. The SMILES string of the molecule is CNC(c1cc(F)c(Br)cc1F)c1cccc(Br)c1Cl. The van der Waals surface area contributed by atoms with Gasteiger partial charge in [0.1, 0.15) is 11.6 Å². The second-order valence-electron chi connectivity index (χ2n) is 4.15. The number of benzene rings is 2. The summed E-state index contributed by atoms with van der Waals surface area (Å²) in [5.74, 6) is -1.03. The summed E-state index contributed by atoms with van der Waals surface area (Å²) in [6.45, 7) is 0. The Morgan fingerprint density at radius 2 is 1.75 bits per heavy atom. The molecule has 1 N–H and O–H groups in total. The van der Waals surface area contributed by atoms with Gasteiger partial charge in [-0.1, -0.05) is 23.7 Å². The number of halogens is 5. The predicted octanol–water partition coefficient (Wildman–Crippen LogP) is 5.45. The highest BCUT2D eigenvalue weighted by Gasteiger charge is 2.21. The first-order valence-electron chi connectivity index (χ1n) is 5.71. The van der Waals surface area contributed by atoms with Gasteiger partial charge in [-0.25, -0.2) is 8.78 Å². The van der Waals surface area contributed by atoms with E-state index in [1.54, 1.807) is 25.2 Å². The summed E-state index contributed by atoms with van der Waals surface area (Å²) in [6.07, 6.45) is 0. The Bertz CT molecular complexity index is 649. The second-order valence-corrected chi connectivity index (χ2v) is 6.24. The van der Waals surface area contributed by atoms with Crippen LogP contribution in [0.1, 0.15) is 17.2 Å². The number of rotatable bonds is 3. The molecule has 0 aliphatic rings. The van der Waals surface area contributed by atoms with Crippen LogP contribution in [-0.4, -0.2) is 7.05 Å². The van der Waals surface area contributed by atoms with Crippen LogP contribution in [0.25, 0.3) is 0 Å². The lowest BCUT2D eigenvalue weighted by molar-refractivity contribution is 0.555. The van der Waals surface area contributed by atoms with Crippen molar-refractivity contribution in [3.05, 3.63) is 67.1 Å². The zero-order valence-corrected chi connectivity index (χ0v) is 14.3. The van der Waals surface area contributed by atoms with Crippen LogP contribution in [0, 0.1) is 11.6 Å². The van der Waals surface area contributed by atoms with Gasteiger partial charge in [-0.3, -0.25) is 0 Å². The summed E-state index contributed by atoms with van der Waals surface area (Å²) in [4.78, 5) is 0. The quantitative estimate of drug-likeness (QED) is 0.645. The van der Waals surface area contributed by atoms with Crippen LogP contribution >= 0.6 is 43.5 Å². The van der Waals surface area contributed by atoms with E-state index < -0.39 is 17.7 Å². The fourth-order valence-corrected chi connectivity index (χ4v) is 2.91. The predicted molar refractivity (Wildman–Crippen MR) is 84.1 cm³/mol. The minimum atomic E-state index is -0.539. The van der Waals surface area contributed by atoms with Crippen molar-refractivity contribution >= 4 is 43.5 Å². The molecule has 20 heavy (non-hydrogen) atoms. The summed E-state index contributed by atoms with van der Waals surface area (Å²) < 4.78 is 28.6. The molecule has 0 saturated carbocycles. The van der Waals surface area contributed by atoms with Crippen molar-refractivity contribution in [2.24, 2.45) is 0 Å². The topological polar surface area (TPSA) is 12.0 Å². The summed E-state index contributed by atoms with van der Waals surface area (Å²) >= 11 is 12.5. The fourth-order valence-electron chi connectivity index (χ4n) is 1.98. The van der Waals surface area contributed by atoms with Gasteiger partial charge in [-0.05, 0) is 62.7 Å². The molecule has 1 nitrogen and oxygen atoms in total. The average molecular weight is 425 g/mol. The molecule has 0 bridgehead atoms. The highest BCUT2D eigenvalue weighted by molar-refractivity contribution is 9.10. The molecule has 2 rings (SSSR count). The van der Waals surface area contributed by atoms with E-state index in [1.165, 1.54) is 0 Å². The molecule has 0 aliphatic heterocycles. The normalized spacial score (nSPS) is 12.5. The standard InChI is InChI=1S/C14H10Br2ClF2N/c1-20-14(7-3-2-4-9(15)13(7)17)8-5-12(19)10(16)6-11(8)18/h2-6,14,20H,1H3. The number of hydrogen-bond acceptors (Lipinski definition) is 1. The van der Waals surface area contributed by atoms with E-state index in [4.69, 9.17) is 11.6 Å². The molecule has 1 unspecified atom stereocenters. The maximum Gasteiger partial charge on any atom is 0.137 e. The minimum absolute atomic E-state index is 0.0916. The van der Waals surface area contributed by atoms with Gasteiger partial charge in [-0.2, -0.15) is 0 Å². The van der Waals surface area contributed by atoms with Gasteiger partial charge in [0.05, 0.1) is 15.5 Å². The van der Waals surface area contributed by atoms with E-state index >= 15 is 0 Å². The van der Waals surface area contributed by atoms with E-state index in [0.717, 1.165) is 12.1 Å². The van der Waals surface area contributed by atoms with Gasteiger partial charge < -0.3 is 5.32 Å². The molecule has 6 heteroatoms. The van der Waals surface area contributed by atoms with Crippen molar-refractivity contribution in [3.63, 3.8) is 0 Å². The van der Waals surface area contributed by atoms with Crippen LogP contribution in [-0.2, 0) is 0 Å². The molecule has 0 saturated heterocycles. The van der Waals surface area contributed by atoms with Crippen molar-refractivity contribution < 1.29 is 8.78 Å². The smallest absolute Gasteiger partial charge is 0.137 e. The third-order valence-corrected chi connectivity index (χ3v) is 4.85. The second kappa shape index (κ2) is 6.52. The largest absolute Gasteiger partial charge is 0.309 e. The van der Waals surface area contributed by atoms with Gasteiger partial charge >= 0.3 is 0 Å². The van der Waals surface area contributed by atoms with Crippen LogP contribution in [0.2, 0.25) is 5.02 Å². The van der Waals surface area contributed by atoms with Crippen LogP contribution in [0.3, 0.4) is 0 Å². The minimum Gasteiger partial charge on any atom is -0.309 e. The maximum atomic E-state index is 14.1. The average Bonchev–Trinajstić information content (AvgIpc) is 2.41. The number of nitrogens with one attached hydrogen (secondary N) is 1. The molecule has 1 atom stereocenters. The molecule has 0 spiro atoms. The lowest BCUT2D eigenvalue weighted by Crippen LogP contribution is -2.19. The lowest BCUT2D eigenvalue weighted by Gasteiger charge is -2.20. The van der Waals surface area contributed by atoms with Crippen molar-refractivity contribution in [3.8, 4) is 0 Å². The monoisotopic (exact) mass is 423 g/mol. The molecular weight excluding hydrogens is 415 g/mol. The summed E-state index contributed by atoms with van der Waals surface area (Å²) in [6, 6.07) is 7.09. The molecule has 0 aliphatic carbocycles. The maximum absolute atomic E-state index is 14.1. The first kappa shape index (κ1) is 15.9. The van der Waals surface area contributed by atoms with E-state index in [-0.39, 0.29) is 10.0 Å². The third-order valence-electron chi connectivity index (χ3n) is 2.93. The van der Waals surface area contributed by atoms with Gasteiger partial charge in [-0.15, -0.1) is 0 Å². The van der Waals surface area contributed by atoms with Gasteiger partial charge in [0.2, 0.25) is 0 Å². The van der Waals surface area contributed by atoms with Gasteiger partial charge in [0.25, 0.3) is 0 Å². The van der Waals surface area contributed by atoms with Crippen molar-refractivity contribution in [1.82, 2.24) is 5.32 Å². The Morgan fingerprint density at radius 3 is 2.40 bits per heavy atom. The van der Waals surface area contributed by atoms with Crippen LogP contribution in [0.15, 0.2) is 39.3 Å². The first-order valence-corrected chi connectivity index (χ1v) is 7.67. The Hall–Kier alpha value is -0.490. The summed E-state index contributed by atoms with van der Waals surface area (Å²) in [5, 5.41) is 3.43.